The Balaban J connectivity index is 1.85. The summed E-state index contributed by atoms with van der Waals surface area (Å²) in [6.07, 6.45) is 5.42. The maximum Gasteiger partial charge on any atom is 0.0743 e. The Kier molecular flexibility index (Phi) is 4.58. The molecule has 2 saturated heterocycles. The van der Waals surface area contributed by atoms with Crippen LogP contribution in [0.5, 0.6) is 0 Å². The summed E-state index contributed by atoms with van der Waals surface area (Å²) in [5.41, 5.74) is 5.90. The number of hydrogen-bond acceptors (Lipinski definition) is 4. The molecule has 2 atom stereocenters. The van der Waals surface area contributed by atoms with Crippen molar-refractivity contribution in [3.63, 3.8) is 0 Å². The summed E-state index contributed by atoms with van der Waals surface area (Å²) in [6, 6.07) is 0.417. The molecule has 0 aliphatic carbocycles. The Morgan fingerprint density at radius 3 is 2.62 bits per heavy atom. The van der Waals surface area contributed by atoms with Crippen molar-refractivity contribution < 1.29 is 9.47 Å². The summed E-state index contributed by atoms with van der Waals surface area (Å²) in [4.78, 5) is 2.49. The van der Waals surface area contributed by atoms with Crippen molar-refractivity contribution in [2.75, 3.05) is 33.4 Å². The molecule has 0 saturated carbocycles. The average molecular weight is 228 g/mol. The van der Waals surface area contributed by atoms with Crippen LogP contribution in [0.25, 0.3) is 0 Å². The lowest BCUT2D eigenvalue weighted by molar-refractivity contribution is -0.0134. The van der Waals surface area contributed by atoms with Gasteiger partial charge in [-0.25, -0.2) is 0 Å². The van der Waals surface area contributed by atoms with Crippen LogP contribution in [0, 0.1) is 0 Å². The van der Waals surface area contributed by atoms with E-state index in [2.05, 4.69) is 4.90 Å². The summed E-state index contributed by atoms with van der Waals surface area (Å²) in [5.74, 6) is 0. The Bertz CT molecular complexity index is 199. The van der Waals surface area contributed by atoms with Crippen LogP contribution in [0.4, 0.5) is 0 Å². The maximum absolute atomic E-state index is 5.90. The highest BCUT2D eigenvalue weighted by molar-refractivity contribution is 4.86. The van der Waals surface area contributed by atoms with Gasteiger partial charge in [0.15, 0.2) is 0 Å². The molecule has 2 unspecified atom stereocenters. The molecule has 0 aromatic heterocycles. The third kappa shape index (κ3) is 2.74. The van der Waals surface area contributed by atoms with E-state index < -0.39 is 0 Å². The number of methoxy groups -OCH3 is 1. The van der Waals surface area contributed by atoms with Gasteiger partial charge in [-0.15, -0.1) is 0 Å². The average Bonchev–Trinajstić information content (AvgIpc) is 2.85. The number of hydrogen-bond donors (Lipinski definition) is 1. The molecule has 0 amide bonds. The standard InChI is InChI=1S/C12H24N2O2/c1-15-10-4-6-14(7-5-10)11(9-13)12-3-2-8-16-12/h10-12H,2-9,13H2,1H3. The number of rotatable bonds is 4. The molecule has 2 fully saturated rings. The molecule has 0 spiro atoms. The molecule has 2 aliphatic heterocycles. The number of nitrogens with two attached hydrogens (primary N) is 1. The van der Waals surface area contributed by atoms with Gasteiger partial charge in [-0.3, -0.25) is 4.90 Å². The van der Waals surface area contributed by atoms with Crippen LogP contribution < -0.4 is 5.73 Å². The van der Waals surface area contributed by atoms with Gasteiger partial charge < -0.3 is 15.2 Å². The SMILES string of the molecule is COC1CCN(C(CN)C2CCCO2)CC1. The van der Waals surface area contributed by atoms with Crippen LogP contribution in [-0.4, -0.2) is 56.5 Å². The molecule has 94 valence electrons. The fraction of sp³-hybridized carbons (Fsp3) is 1.00. The van der Waals surface area contributed by atoms with Crippen LogP contribution in [-0.2, 0) is 9.47 Å². The molecule has 4 nitrogen and oxygen atoms in total. The molecule has 16 heavy (non-hydrogen) atoms. The van der Waals surface area contributed by atoms with E-state index in [1.54, 1.807) is 7.11 Å². The topological polar surface area (TPSA) is 47.7 Å². The van der Waals surface area contributed by atoms with E-state index in [1.807, 2.05) is 0 Å². The van der Waals surface area contributed by atoms with Gasteiger partial charge >= 0.3 is 0 Å². The van der Waals surface area contributed by atoms with Crippen molar-refractivity contribution in [2.45, 2.75) is 43.9 Å². The fourth-order valence-electron chi connectivity index (χ4n) is 2.89. The van der Waals surface area contributed by atoms with Crippen molar-refractivity contribution in [1.29, 1.82) is 0 Å². The normalized spacial score (nSPS) is 30.8. The van der Waals surface area contributed by atoms with Crippen molar-refractivity contribution in [2.24, 2.45) is 5.73 Å². The molecule has 2 rings (SSSR count). The largest absolute Gasteiger partial charge is 0.381 e. The first-order chi connectivity index (χ1) is 7.85. The highest BCUT2D eigenvalue weighted by Gasteiger charge is 2.32. The molecular weight excluding hydrogens is 204 g/mol. The van der Waals surface area contributed by atoms with Gasteiger partial charge in [0.05, 0.1) is 12.2 Å². The van der Waals surface area contributed by atoms with Crippen LogP contribution in [0.1, 0.15) is 25.7 Å². The van der Waals surface area contributed by atoms with Gasteiger partial charge in [-0.05, 0) is 25.7 Å². The van der Waals surface area contributed by atoms with Gasteiger partial charge in [-0.1, -0.05) is 0 Å². The molecule has 2 N–H and O–H groups in total. The minimum atomic E-state index is 0.365. The van der Waals surface area contributed by atoms with Crippen LogP contribution in [0.2, 0.25) is 0 Å². The highest BCUT2D eigenvalue weighted by Crippen LogP contribution is 2.22. The van der Waals surface area contributed by atoms with Crippen LogP contribution >= 0.6 is 0 Å². The first-order valence-electron chi connectivity index (χ1n) is 6.43. The van der Waals surface area contributed by atoms with E-state index in [-0.39, 0.29) is 0 Å². The molecule has 0 bridgehead atoms. The van der Waals surface area contributed by atoms with Crippen molar-refractivity contribution in [3.05, 3.63) is 0 Å². The Hall–Kier alpha value is -0.160. The lowest BCUT2D eigenvalue weighted by Crippen LogP contribution is -2.51. The zero-order chi connectivity index (χ0) is 11.4. The molecule has 0 aromatic carbocycles. The van der Waals surface area contributed by atoms with Crippen molar-refractivity contribution in [3.8, 4) is 0 Å². The summed E-state index contributed by atoms with van der Waals surface area (Å²) in [6.45, 7) is 3.82. The summed E-state index contributed by atoms with van der Waals surface area (Å²) in [5, 5.41) is 0. The van der Waals surface area contributed by atoms with E-state index in [0.29, 0.717) is 24.8 Å². The molecule has 0 aromatic rings. The van der Waals surface area contributed by atoms with Gasteiger partial charge in [-0.2, -0.15) is 0 Å². The van der Waals surface area contributed by atoms with Crippen LogP contribution in [0.15, 0.2) is 0 Å². The smallest absolute Gasteiger partial charge is 0.0743 e. The Morgan fingerprint density at radius 2 is 2.12 bits per heavy atom. The quantitative estimate of drug-likeness (QED) is 0.765. The second kappa shape index (κ2) is 5.96. The molecule has 2 aliphatic rings. The van der Waals surface area contributed by atoms with E-state index in [1.165, 1.54) is 12.8 Å². The molecular formula is C12H24N2O2. The van der Waals surface area contributed by atoms with Gasteiger partial charge in [0, 0.05) is 39.4 Å². The van der Waals surface area contributed by atoms with Gasteiger partial charge in [0.1, 0.15) is 0 Å². The molecule has 4 heteroatoms. The van der Waals surface area contributed by atoms with E-state index in [4.69, 9.17) is 15.2 Å². The Labute approximate surface area is 98.1 Å². The summed E-state index contributed by atoms with van der Waals surface area (Å²) < 4.78 is 11.1. The van der Waals surface area contributed by atoms with Crippen molar-refractivity contribution >= 4 is 0 Å². The predicted octanol–water partition coefficient (Wildman–Crippen LogP) is 0.603. The van der Waals surface area contributed by atoms with Gasteiger partial charge in [0.25, 0.3) is 0 Å². The first-order valence-corrected chi connectivity index (χ1v) is 6.43. The minimum Gasteiger partial charge on any atom is -0.381 e. The van der Waals surface area contributed by atoms with E-state index in [0.717, 1.165) is 32.5 Å². The third-order valence-corrected chi connectivity index (χ3v) is 3.91. The predicted molar refractivity (Wildman–Crippen MR) is 63.4 cm³/mol. The van der Waals surface area contributed by atoms with E-state index in [9.17, 15) is 0 Å². The lowest BCUT2D eigenvalue weighted by atomic mass is 10.0. The maximum atomic E-state index is 5.90. The Morgan fingerprint density at radius 1 is 1.38 bits per heavy atom. The minimum absolute atomic E-state index is 0.365. The molecule has 0 radical (unpaired) electrons. The second-order valence-electron chi connectivity index (χ2n) is 4.83. The highest BCUT2D eigenvalue weighted by atomic mass is 16.5. The summed E-state index contributed by atoms with van der Waals surface area (Å²) >= 11 is 0. The zero-order valence-electron chi connectivity index (χ0n) is 10.2. The fourth-order valence-corrected chi connectivity index (χ4v) is 2.89. The summed E-state index contributed by atoms with van der Waals surface area (Å²) in [7, 11) is 1.81. The molecule has 2 heterocycles. The van der Waals surface area contributed by atoms with Crippen LogP contribution in [0.3, 0.4) is 0 Å². The number of piperidine rings is 1. The third-order valence-electron chi connectivity index (χ3n) is 3.91. The number of ether oxygens (including phenoxy) is 2. The van der Waals surface area contributed by atoms with Crippen molar-refractivity contribution in [1.82, 2.24) is 4.90 Å². The van der Waals surface area contributed by atoms with E-state index >= 15 is 0 Å². The van der Waals surface area contributed by atoms with Gasteiger partial charge in [0.2, 0.25) is 0 Å². The lowest BCUT2D eigenvalue weighted by Gasteiger charge is -2.38. The monoisotopic (exact) mass is 228 g/mol. The number of nitrogens with zero attached hydrogens (tertiary/aromatic N) is 1. The first kappa shape index (κ1) is 12.3. The number of likely N-dealkylation sites (tertiary alicyclic amines) is 1. The zero-order valence-corrected chi connectivity index (χ0v) is 10.2. The second-order valence-corrected chi connectivity index (χ2v) is 4.83.